The van der Waals surface area contributed by atoms with E-state index in [9.17, 15) is 17.6 Å². The number of allylic oxidation sites excluding steroid dienone is 3. The fraction of sp³-hybridized carbons (Fsp3) is 0.385. The van der Waals surface area contributed by atoms with Gasteiger partial charge in [0.05, 0.1) is 12.1 Å². The second kappa shape index (κ2) is 5.21. The minimum Gasteiger partial charge on any atom is -0.382 e. The van der Waals surface area contributed by atoms with Crippen LogP contribution in [0.4, 0.5) is 17.6 Å². The highest BCUT2D eigenvalue weighted by atomic mass is 19.4. The topological polar surface area (TPSA) is 24.1 Å². The van der Waals surface area contributed by atoms with Crippen molar-refractivity contribution in [2.24, 2.45) is 0 Å². The average Bonchev–Trinajstić information content (AvgIpc) is 2.39. The zero-order valence-corrected chi connectivity index (χ0v) is 10.2. The molecule has 0 saturated carbocycles. The molecule has 2 heterocycles. The lowest BCUT2D eigenvalue weighted by Crippen LogP contribution is -2.31. The molecule has 0 aromatic carbocycles. The quantitative estimate of drug-likeness (QED) is 0.664. The van der Waals surface area contributed by atoms with Crippen molar-refractivity contribution in [2.75, 3.05) is 19.6 Å². The lowest BCUT2D eigenvalue weighted by Gasteiger charge is -2.22. The van der Waals surface area contributed by atoms with Crippen molar-refractivity contribution in [3.8, 4) is 0 Å². The van der Waals surface area contributed by atoms with Gasteiger partial charge in [-0.2, -0.15) is 13.2 Å². The van der Waals surface area contributed by atoms with Gasteiger partial charge in [-0.05, 0) is 29.7 Å². The fourth-order valence-corrected chi connectivity index (χ4v) is 2.08. The van der Waals surface area contributed by atoms with Crippen LogP contribution in [0.25, 0.3) is 0 Å². The summed E-state index contributed by atoms with van der Waals surface area (Å²) in [7, 11) is 0. The second-order valence-electron chi connectivity index (χ2n) is 4.45. The highest BCUT2D eigenvalue weighted by Crippen LogP contribution is 2.31. The van der Waals surface area contributed by atoms with E-state index in [4.69, 9.17) is 0 Å². The summed E-state index contributed by atoms with van der Waals surface area (Å²) in [6.45, 7) is 4.57. The van der Waals surface area contributed by atoms with Crippen molar-refractivity contribution in [2.45, 2.75) is 12.6 Å². The van der Waals surface area contributed by atoms with Crippen LogP contribution in [0.2, 0.25) is 0 Å². The number of alkyl halides is 3. The summed E-state index contributed by atoms with van der Waals surface area (Å²) in [5, 5.41) is 5.92. The molecule has 0 amide bonds. The number of nitrogens with one attached hydrogen (secondary N) is 2. The Morgan fingerprint density at radius 2 is 1.89 bits per heavy atom. The minimum atomic E-state index is -4.59. The third-order valence-electron chi connectivity index (χ3n) is 3.05. The molecule has 104 valence electrons. The molecule has 0 atom stereocenters. The molecule has 2 aliphatic rings. The molecule has 0 aromatic rings. The molecule has 0 spiro atoms. The first kappa shape index (κ1) is 13.9. The van der Waals surface area contributed by atoms with Crippen LogP contribution >= 0.6 is 0 Å². The van der Waals surface area contributed by atoms with Gasteiger partial charge in [0, 0.05) is 18.8 Å². The summed E-state index contributed by atoms with van der Waals surface area (Å²) < 4.78 is 51.8. The Balaban J connectivity index is 2.45. The molecular formula is C13H14F4N2. The van der Waals surface area contributed by atoms with E-state index in [2.05, 4.69) is 17.2 Å². The SMILES string of the molecule is C=C1/C=C(C(F)(F)F)\C=C(\F)CNC2=C1CNCC2. The molecule has 2 aliphatic heterocycles. The van der Waals surface area contributed by atoms with Gasteiger partial charge in [0.25, 0.3) is 0 Å². The molecule has 0 aliphatic carbocycles. The van der Waals surface area contributed by atoms with Crippen molar-refractivity contribution in [3.05, 3.63) is 47.0 Å². The van der Waals surface area contributed by atoms with Gasteiger partial charge in [-0.25, -0.2) is 4.39 Å². The maximum absolute atomic E-state index is 13.5. The van der Waals surface area contributed by atoms with Crippen LogP contribution in [0.3, 0.4) is 0 Å². The molecule has 2 N–H and O–H groups in total. The molecule has 0 aromatic heterocycles. The van der Waals surface area contributed by atoms with Crippen LogP contribution in [0.15, 0.2) is 47.0 Å². The Morgan fingerprint density at radius 1 is 1.16 bits per heavy atom. The highest BCUT2D eigenvalue weighted by molar-refractivity contribution is 5.47. The summed E-state index contributed by atoms with van der Waals surface area (Å²) in [6, 6.07) is 0. The molecule has 2 nitrogen and oxygen atoms in total. The van der Waals surface area contributed by atoms with E-state index in [0.29, 0.717) is 31.2 Å². The van der Waals surface area contributed by atoms with E-state index in [1.807, 2.05) is 0 Å². The van der Waals surface area contributed by atoms with Gasteiger partial charge in [-0.3, -0.25) is 0 Å². The summed E-state index contributed by atoms with van der Waals surface area (Å²) in [5.74, 6) is -0.844. The van der Waals surface area contributed by atoms with Gasteiger partial charge < -0.3 is 10.6 Å². The zero-order valence-electron chi connectivity index (χ0n) is 10.2. The second-order valence-corrected chi connectivity index (χ2v) is 4.45. The first-order chi connectivity index (χ1) is 8.88. The van der Waals surface area contributed by atoms with Crippen molar-refractivity contribution >= 4 is 0 Å². The van der Waals surface area contributed by atoms with Crippen molar-refractivity contribution in [1.29, 1.82) is 0 Å². The summed E-state index contributed by atoms with van der Waals surface area (Å²) in [6.07, 6.45) is -2.55. The summed E-state index contributed by atoms with van der Waals surface area (Å²) in [4.78, 5) is 0. The molecule has 6 heteroatoms. The van der Waals surface area contributed by atoms with Gasteiger partial charge in [-0.15, -0.1) is 0 Å². The summed E-state index contributed by atoms with van der Waals surface area (Å²) in [5.41, 5.74) is 0.673. The third-order valence-corrected chi connectivity index (χ3v) is 3.05. The number of rotatable bonds is 0. The number of halogens is 4. The maximum Gasteiger partial charge on any atom is 0.416 e. The molecule has 19 heavy (non-hydrogen) atoms. The Kier molecular flexibility index (Phi) is 3.80. The standard InChI is InChI=1S/C13H14F4N2/c1-8-4-9(13(15,16)17)5-10(14)6-19-12-2-3-18-7-11(8)12/h4-5,18-19H,1-3,6-7H2/b9-4+,10-5+. The van der Waals surface area contributed by atoms with E-state index in [0.717, 1.165) is 11.8 Å². The smallest absolute Gasteiger partial charge is 0.382 e. The third kappa shape index (κ3) is 3.26. The van der Waals surface area contributed by atoms with Crippen molar-refractivity contribution in [1.82, 2.24) is 10.6 Å². The first-order valence-corrected chi connectivity index (χ1v) is 5.89. The lowest BCUT2D eigenvalue weighted by atomic mass is 9.98. The van der Waals surface area contributed by atoms with E-state index in [-0.39, 0.29) is 12.1 Å². The fourth-order valence-electron chi connectivity index (χ4n) is 2.08. The first-order valence-electron chi connectivity index (χ1n) is 5.89. The molecule has 0 bridgehead atoms. The molecule has 2 rings (SSSR count). The Hall–Kier alpha value is -1.56. The van der Waals surface area contributed by atoms with E-state index in [1.54, 1.807) is 0 Å². The van der Waals surface area contributed by atoms with E-state index >= 15 is 0 Å². The predicted octanol–water partition coefficient (Wildman–Crippen LogP) is 2.74. The highest BCUT2D eigenvalue weighted by Gasteiger charge is 2.33. The average molecular weight is 274 g/mol. The Bertz CT molecular complexity index is 483. The van der Waals surface area contributed by atoms with Crippen LogP contribution in [-0.2, 0) is 0 Å². The molecule has 0 fully saturated rings. The maximum atomic E-state index is 13.5. The Labute approximate surface area is 108 Å². The van der Waals surface area contributed by atoms with E-state index < -0.39 is 17.6 Å². The van der Waals surface area contributed by atoms with Crippen LogP contribution in [0.5, 0.6) is 0 Å². The Morgan fingerprint density at radius 3 is 2.58 bits per heavy atom. The van der Waals surface area contributed by atoms with Crippen molar-refractivity contribution < 1.29 is 17.6 Å². The van der Waals surface area contributed by atoms with E-state index in [1.165, 1.54) is 0 Å². The minimum absolute atomic E-state index is 0.237. The van der Waals surface area contributed by atoms with Gasteiger partial charge in [0.15, 0.2) is 0 Å². The van der Waals surface area contributed by atoms with Gasteiger partial charge >= 0.3 is 6.18 Å². The molecule has 0 unspecified atom stereocenters. The van der Waals surface area contributed by atoms with Crippen LogP contribution in [-0.4, -0.2) is 25.8 Å². The summed E-state index contributed by atoms with van der Waals surface area (Å²) >= 11 is 0. The van der Waals surface area contributed by atoms with Crippen LogP contribution in [0, 0.1) is 0 Å². The number of hydrogen-bond donors (Lipinski definition) is 2. The normalized spacial score (nSPS) is 27.1. The zero-order chi connectivity index (χ0) is 14.0. The molecule has 0 saturated heterocycles. The van der Waals surface area contributed by atoms with Crippen molar-refractivity contribution in [3.63, 3.8) is 0 Å². The lowest BCUT2D eigenvalue weighted by molar-refractivity contribution is -0.0884. The number of hydrogen-bond acceptors (Lipinski definition) is 2. The molecule has 0 radical (unpaired) electrons. The van der Waals surface area contributed by atoms with Gasteiger partial charge in [-0.1, -0.05) is 6.58 Å². The monoisotopic (exact) mass is 274 g/mol. The van der Waals surface area contributed by atoms with Crippen LogP contribution in [0.1, 0.15) is 6.42 Å². The van der Waals surface area contributed by atoms with Crippen LogP contribution < -0.4 is 10.6 Å². The molecular weight excluding hydrogens is 260 g/mol. The predicted molar refractivity (Wildman–Crippen MR) is 65.0 cm³/mol. The van der Waals surface area contributed by atoms with Gasteiger partial charge in [0.2, 0.25) is 0 Å². The largest absolute Gasteiger partial charge is 0.416 e. The van der Waals surface area contributed by atoms with Gasteiger partial charge in [0.1, 0.15) is 5.83 Å².